The molecule has 0 radical (unpaired) electrons. The summed E-state index contributed by atoms with van der Waals surface area (Å²) in [6.07, 6.45) is 2.37. The average molecular weight is 374 g/mol. The second kappa shape index (κ2) is 7.88. The highest BCUT2D eigenvalue weighted by Gasteiger charge is 2.23. The molecule has 7 nitrogen and oxygen atoms in total. The van der Waals surface area contributed by atoms with Gasteiger partial charge in [-0.15, -0.1) is 0 Å². The Balaban J connectivity index is 1.67. The Kier molecular flexibility index (Phi) is 5.38. The topological polar surface area (TPSA) is 93.5 Å². The van der Waals surface area contributed by atoms with E-state index in [4.69, 9.17) is 16.3 Å². The number of halogens is 1. The molecule has 1 unspecified atom stereocenters. The zero-order valence-corrected chi connectivity index (χ0v) is 14.4. The first-order valence-electron chi connectivity index (χ1n) is 7.84. The van der Waals surface area contributed by atoms with Crippen LogP contribution in [0.25, 0.3) is 11.0 Å². The van der Waals surface area contributed by atoms with E-state index in [0.717, 1.165) is 5.56 Å². The molecule has 3 aromatic rings. The first-order chi connectivity index (χ1) is 12.5. The Bertz CT molecular complexity index is 927. The van der Waals surface area contributed by atoms with Gasteiger partial charge in [-0.05, 0) is 17.7 Å². The fourth-order valence-electron chi connectivity index (χ4n) is 2.51. The summed E-state index contributed by atoms with van der Waals surface area (Å²) in [6.45, 7) is 0.0227. The van der Waals surface area contributed by atoms with Crippen LogP contribution in [0.1, 0.15) is 5.56 Å². The van der Waals surface area contributed by atoms with Gasteiger partial charge in [-0.25, -0.2) is 14.6 Å². The van der Waals surface area contributed by atoms with E-state index in [1.54, 1.807) is 29.1 Å². The number of rotatable bonds is 6. The monoisotopic (exact) mass is 373 g/mol. The minimum Gasteiger partial charge on any atom is -0.480 e. The Morgan fingerprint density at radius 2 is 2.00 bits per heavy atom. The number of nitrogens with one attached hydrogen (secondary N) is 1. The maximum absolute atomic E-state index is 11.9. The van der Waals surface area contributed by atoms with Gasteiger partial charge in [0.15, 0.2) is 0 Å². The van der Waals surface area contributed by atoms with Gasteiger partial charge in [0.2, 0.25) is 0 Å². The molecule has 134 valence electrons. The maximum atomic E-state index is 11.9. The van der Waals surface area contributed by atoms with Crippen LogP contribution in [0.5, 0.6) is 0 Å². The predicted molar refractivity (Wildman–Crippen MR) is 95.9 cm³/mol. The quantitative estimate of drug-likeness (QED) is 0.692. The fraction of sp³-hybridized carbons (Fsp3) is 0.167. The normalized spacial score (nSPS) is 11.9. The molecule has 2 heterocycles. The third-order valence-electron chi connectivity index (χ3n) is 3.77. The van der Waals surface area contributed by atoms with Crippen LogP contribution in [0.4, 0.5) is 4.79 Å². The molecule has 1 atom stereocenters. The van der Waals surface area contributed by atoms with E-state index in [1.165, 1.54) is 0 Å². The van der Waals surface area contributed by atoms with E-state index < -0.39 is 18.1 Å². The van der Waals surface area contributed by atoms with Crippen molar-refractivity contribution >= 4 is 34.7 Å². The summed E-state index contributed by atoms with van der Waals surface area (Å²) in [6, 6.07) is 11.5. The van der Waals surface area contributed by atoms with Crippen LogP contribution in [-0.2, 0) is 22.7 Å². The Morgan fingerprint density at radius 3 is 2.73 bits per heavy atom. The molecule has 8 heteroatoms. The molecule has 1 aromatic carbocycles. The van der Waals surface area contributed by atoms with E-state index in [0.29, 0.717) is 16.1 Å². The van der Waals surface area contributed by atoms with Gasteiger partial charge >= 0.3 is 12.1 Å². The number of alkyl carbamates (subject to hydrolysis) is 1. The number of carboxylic acid groups (broad SMARTS) is 1. The molecule has 3 rings (SSSR count). The zero-order valence-electron chi connectivity index (χ0n) is 13.6. The number of benzene rings is 1. The lowest BCUT2D eigenvalue weighted by atomic mass is 10.2. The number of carbonyl (C=O) groups excluding carboxylic acids is 1. The molecule has 2 aromatic heterocycles. The van der Waals surface area contributed by atoms with Crippen molar-refractivity contribution in [2.45, 2.75) is 19.2 Å². The summed E-state index contributed by atoms with van der Waals surface area (Å²) in [5, 5.41) is 12.9. The van der Waals surface area contributed by atoms with Crippen molar-refractivity contribution in [2.75, 3.05) is 0 Å². The first kappa shape index (κ1) is 17.8. The Hall–Kier alpha value is -3.06. The Labute approximate surface area is 154 Å². The van der Waals surface area contributed by atoms with E-state index in [9.17, 15) is 14.7 Å². The molecule has 2 N–H and O–H groups in total. The lowest BCUT2D eigenvalue weighted by Crippen LogP contribution is -2.43. The van der Waals surface area contributed by atoms with Crippen molar-refractivity contribution in [3.05, 3.63) is 65.4 Å². The second-order valence-electron chi connectivity index (χ2n) is 5.60. The number of pyridine rings is 1. The van der Waals surface area contributed by atoms with Crippen LogP contribution in [-0.4, -0.2) is 32.8 Å². The molecule has 0 fully saturated rings. The van der Waals surface area contributed by atoms with Crippen LogP contribution in [0.2, 0.25) is 5.02 Å². The number of amides is 1. The van der Waals surface area contributed by atoms with Crippen LogP contribution < -0.4 is 5.32 Å². The summed E-state index contributed by atoms with van der Waals surface area (Å²) < 4.78 is 6.67. The Morgan fingerprint density at radius 1 is 1.23 bits per heavy atom. The molecule has 0 aliphatic heterocycles. The molecule has 0 bridgehead atoms. The van der Waals surface area contributed by atoms with E-state index in [2.05, 4.69) is 10.3 Å². The van der Waals surface area contributed by atoms with E-state index >= 15 is 0 Å². The lowest BCUT2D eigenvalue weighted by molar-refractivity contribution is -0.139. The summed E-state index contributed by atoms with van der Waals surface area (Å²) in [5.41, 5.74) is 1.35. The molecule has 0 aliphatic rings. The second-order valence-corrected chi connectivity index (χ2v) is 6.01. The third kappa shape index (κ3) is 4.12. The van der Waals surface area contributed by atoms with Crippen molar-refractivity contribution in [2.24, 2.45) is 0 Å². The van der Waals surface area contributed by atoms with Crippen molar-refractivity contribution in [3.63, 3.8) is 0 Å². The molecule has 0 saturated heterocycles. The lowest BCUT2D eigenvalue weighted by Gasteiger charge is -2.15. The molecule has 0 saturated carbocycles. The molecular formula is C18H16ClN3O4. The number of carbonyl (C=O) groups is 2. The molecule has 26 heavy (non-hydrogen) atoms. The fourth-order valence-corrected chi connectivity index (χ4v) is 2.77. The number of nitrogens with zero attached hydrogens (tertiary/aromatic N) is 2. The zero-order chi connectivity index (χ0) is 18.5. The van der Waals surface area contributed by atoms with Crippen LogP contribution in [0.15, 0.2) is 54.9 Å². The van der Waals surface area contributed by atoms with Gasteiger partial charge in [-0.2, -0.15) is 0 Å². The SMILES string of the molecule is O=C(NC(Cn1cc(Cl)c2cccnc21)C(=O)O)OCc1ccccc1. The first-order valence-corrected chi connectivity index (χ1v) is 8.22. The largest absolute Gasteiger partial charge is 0.480 e. The number of ether oxygens (including phenoxy) is 1. The maximum Gasteiger partial charge on any atom is 0.408 e. The number of carboxylic acids is 1. The van der Waals surface area contributed by atoms with Gasteiger partial charge in [-0.1, -0.05) is 41.9 Å². The van der Waals surface area contributed by atoms with Gasteiger partial charge in [-0.3, -0.25) is 0 Å². The smallest absolute Gasteiger partial charge is 0.408 e. The summed E-state index contributed by atoms with van der Waals surface area (Å²) in [7, 11) is 0. The highest BCUT2D eigenvalue weighted by molar-refractivity contribution is 6.35. The van der Waals surface area contributed by atoms with Crippen LogP contribution >= 0.6 is 11.6 Å². The number of hydrogen-bond acceptors (Lipinski definition) is 4. The van der Waals surface area contributed by atoms with Crippen LogP contribution in [0, 0.1) is 0 Å². The van der Waals surface area contributed by atoms with Crippen molar-refractivity contribution in [1.29, 1.82) is 0 Å². The van der Waals surface area contributed by atoms with Gasteiger partial charge in [0.05, 0.1) is 11.6 Å². The minimum absolute atomic E-state index is 0.0317. The molecule has 0 spiro atoms. The van der Waals surface area contributed by atoms with Crippen molar-refractivity contribution in [3.8, 4) is 0 Å². The van der Waals surface area contributed by atoms with Gasteiger partial charge in [0.25, 0.3) is 0 Å². The number of aliphatic carboxylic acids is 1. The van der Waals surface area contributed by atoms with Gasteiger partial charge < -0.3 is 19.7 Å². The number of fused-ring (bicyclic) bond motifs is 1. The summed E-state index contributed by atoms with van der Waals surface area (Å²) in [4.78, 5) is 27.7. The van der Waals surface area contributed by atoms with Crippen LogP contribution in [0.3, 0.4) is 0 Å². The highest BCUT2D eigenvalue weighted by Crippen LogP contribution is 2.24. The highest BCUT2D eigenvalue weighted by atomic mass is 35.5. The summed E-state index contributed by atoms with van der Waals surface area (Å²) >= 11 is 6.14. The molecular weight excluding hydrogens is 358 g/mol. The third-order valence-corrected chi connectivity index (χ3v) is 4.07. The van der Waals surface area contributed by atoms with Crippen molar-refractivity contribution in [1.82, 2.24) is 14.9 Å². The molecule has 0 aliphatic carbocycles. The van der Waals surface area contributed by atoms with Gasteiger partial charge in [0, 0.05) is 17.8 Å². The average Bonchev–Trinajstić information content (AvgIpc) is 2.96. The molecule has 1 amide bonds. The summed E-state index contributed by atoms with van der Waals surface area (Å²) in [5.74, 6) is -1.18. The number of hydrogen-bond donors (Lipinski definition) is 2. The minimum atomic E-state index is -1.19. The number of aromatic nitrogens is 2. The van der Waals surface area contributed by atoms with E-state index in [-0.39, 0.29) is 13.2 Å². The van der Waals surface area contributed by atoms with Crippen molar-refractivity contribution < 1.29 is 19.4 Å². The predicted octanol–water partition coefficient (Wildman–Crippen LogP) is 3.07. The van der Waals surface area contributed by atoms with E-state index in [1.807, 2.05) is 30.3 Å². The standard InChI is InChI=1S/C18H16ClN3O4/c19-14-9-22(16-13(14)7-4-8-20-16)10-15(17(23)24)21-18(25)26-11-12-5-2-1-3-6-12/h1-9,15H,10-11H2,(H,21,25)(H,23,24). The van der Waals surface area contributed by atoms with Gasteiger partial charge in [0.1, 0.15) is 18.3 Å².